The van der Waals surface area contributed by atoms with Crippen LogP contribution in [0, 0.1) is 6.92 Å². The number of para-hydroxylation sites is 1. The highest BCUT2D eigenvalue weighted by atomic mass is 17.3. The molecular weight excluding hydrogens is 222 g/mol. The Bertz CT molecular complexity index is 367. The van der Waals surface area contributed by atoms with Crippen molar-refractivity contribution in [1.82, 2.24) is 5.48 Å². The van der Waals surface area contributed by atoms with Crippen LogP contribution in [0.3, 0.4) is 0 Å². The number of carbonyl (C=O) groups is 1. The predicted octanol–water partition coefficient (Wildman–Crippen LogP) is 1.76. The summed E-state index contributed by atoms with van der Waals surface area (Å²) < 4.78 is 4.79. The van der Waals surface area contributed by atoms with E-state index in [1.165, 1.54) is 0 Å². The zero-order valence-electron chi connectivity index (χ0n) is 10.2. The van der Waals surface area contributed by atoms with Gasteiger partial charge >= 0.3 is 5.97 Å². The van der Waals surface area contributed by atoms with Gasteiger partial charge in [0.1, 0.15) is 6.04 Å². The van der Waals surface area contributed by atoms with Crippen LogP contribution < -0.4 is 10.4 Å². The number of aryl methyl sites for hydroxylation is 1. The van der Waals surface area contributed by atoms with E-state index >= 15 is 0 Å². The van der Waals surface area contributed by atoms with Crippen LogP contribution in [0.5, 0.6) is 5.75 Å². The van der Waals surface area contributed by atoms with E-state index < -0.39 is 6.04 Å². The minimum Gasteiger partial charge on any atom is -0.465 e. The van der Waals surface area contributed by atoms with Gasteiger partial charge in [-0.05, 0) is 32.4 Å². The van der Waals surface area contributed by atoms with Gasteiger partial charge in [-0.3, -0.25) is 4.79 Å². The van der Waals surface area contributed by atoms with Crippen LogP contribution in [-0.2, 0) is 14.5 Å². The fourth-order valence-corrected chi connectivity index (χ4v) is 1.11. The average Bonchev–Trinajstić information content (AvgIpc) is 2.31. The lowest BCUT2D eigenvalue weighted by atomic mass is 10.2. The van der Waals surface area contributed by atoms with Gasteiger partial charge in [-0.2, -0.15) is 0 Å². The molecule has 5 heteroatoms. The van der Waals surface area contributed by atoms with Gasteiger partial charge in [-0.25, -0.2) is 0 Å². The number of carbonyl (C=O) groups excluding carboxylic acids is 1. The highest BCUT2D eigenvalue weighted by molar-refractivity contribution is 5.74. The Kier molecular flexibility index (Phi) is 5.45. The Morgan fingerprint density at radius 1 is 1.41 bits per heavy atom. The molecule has 5 nitrogen and oxygen atoms in total. The first kappa shape index (κ1) is 13.5. The standard InChI is InChI=1S/C12H17NO4/c1-4-15-12(14)10(3)13-17-16-11-8-6-5-7-9(11)2/h5-8,10,13H,4H2,1-3H3/t10-/m0/s1. The number of benzene rings is 1. The number of hydroxylamine groups is 1. The molecule has 1 aromatic rings. The average molecular weight is 239 g/mol. The summed E-state index contributed by atoms with van der Waals surface area (Å²) in [6.07, 6.45) is 0. The second-order valence-electron chi connectivity index (χ2n) is 3.52. The maximum atomic E-state index is 11.2. The molecule has 0 aliphatic rings. The molecule has 0 radical (unpaired) electrons. The molecule has 0 spiro atoms. The van der Waals surface area contributed by atoms with E-state index in [1.807, 2.05) is 25.1 Å². The summed E-state index contributed by atoms with van der Waals surface area (Å²) in [7, 11) is 0. The Labute approximate surface area is 101 Å². The smallest absolute Gasteiger partial charge is 0.325 e. The topological polar surface area (TPSA) is 56.8 Å². The molecule has 0 heterocycles. The first-order valence-corrected chi connectivity index (χ1v) is 5.46. The highest BCUT2D eigenvalue weighted by Crippen LogP contribution is 2.15. The third-order valence-electron chi connectivity index (χ3n) is 2.09. The number of hydrogen-bond acceptors (Lipinski definition) is 5. The van der Waals surface area contributed by atoms with Gasteiger partial charge in [0.15, 0.2) is 5.75 Å². The molecule has 0 saturated carbocycles. The lowest BCUT2D eigenvalue weighted by molar-refractivity contribution is -0.266. The normalized spacial score (nSPS) is 11.9. The number of ether oxygens (including phenoxy) is 1. The summed E-state index contributed by atoms with van der Waals surface area (Å²) in [4.78, 5) is 21.0. The summed E-state index contributed by atoms with van der Waals surface area (Å²) >= 11 is 0. The highest BCUT2D eigenvalue weighted by Gasteiger charge is 2.14. The second kappa shape index (κ2) is 6.88. The third-order valence-corrected chi connectivity index (χ3v) is 2.09. The molecule has 0 aliphatic heterocycles. The maximum absolute atomic E-state index is 11.2. The van der Waals surface area contributed by atoms with E-state index in [9.17, 15) is 4.79 Å². The molecule has 1 rings (SSSR count). The van der Waals surface area contributed by atoms with Crippen molar-refractivity contribution in [1.29, 1.82) is 0 Å². The van der Waals surface area contributed by atoms with Gasteiger partial charge < -0.3 is 9.62 Å². The van der Waals surface area contributed by atoms with Gasteiger partial charge in [0.05, 0.1) is 6.61 Å². The summed E-state index contributed by atoms with van der Waals surface area (Å²) in [6, 6.07) is 6.82. The second-order valence-corrected chi connectivity index (χ2v) is 3.52. The molecule has 0 aliphatic carbocycles. The van der Waals surface area contributed by atoms with Crippen molar-refractivity contribution in [2.45, 2.75) is 26.8 Å². The summed E-state index contributed by atoms with van der Waals surface area (Å²) in [6.45, 7) is 5.60. The van der Waals surface area contributed by atoms with E-state index in [0.717, 1.165) is 5.56 Å². The third kappa shape index (κ3) is 4.42. The van der Waals surface area contributed by atoms with Crippen LogP contribution >= 0.6 is 0 Å². The van der Waals surface area contributed by atoms with E-state index in [4.69, 9.17) is 14.6 Å². The zero-order valence-corrected chi connectivity index (χ0v) is 10.2. The van der Waals surface area contributed by atoms with Crippen LogP contribution in [0.2, 0.25) is 0 Å². The monoisotopic (exact) mass is 239 g/mol. The summed E-state index contributed by atoms with van der Waals surface area (Å²) in [5, 5.41) is 0. The molecule has 94 valence electrons. The number of rotatable bonds is 6. The lowest BCUT2D eigenvalue weighted by Gasteiger charge is -2.12. The fraction of sp³-hybridized carbons (Fsp3) is 0.417. The molecule has 1 aromatic carbocycles. The number of hydrogen-bond donors (Lipinski definition) is 1. The molecule has 0 fully saturated rings. The molecule has 0 saturated heterocycles. The molecule has 17 heavy (non-hydrogen) atoms. The summed E-state index contributed by atoms with van der Waals surface area (Å²) in [5.74, 6) is 0.206. The Morgan fingerprint density at radius 2 is 2.12 bits per heavy atom. The lowest BCUT2D eigenvalue weighted by Crippen LogP contribution is -2.36. The first-order chi connectivity index (χ1) is 8.15. The Morgan fingerprint density at radius 3 is 2.76 bits per heavy atom. The van der Waals surface area contributed by atoms with Gasteiger partial charge in [-0.1, -0.05) is 23.2 Å². The van der Waals surface area contributed by atoms with E-state index in [0.29, 0.717) is 12.4 Å². The predicted molar refractivity (Wildman–Crippen MR) is 62.1 cm³/mol. The molecule has 1 N–H and O–H groups in total. The van der Waals surface area contributed by atoms with E-state index in [-0.39, 0.29) is 5.97 Å². The van der Waals surface area contributed by atoms with Crippen molar-refractivity contribution >= 4 is 5.97 Å². The van der Waals surface area contributed by atoms with Crippen LogP contribution in [0.25, 0.3) is 0 Å². The van der Waals surface area contributed by atoms with Crippen molar-refractivity contribution in [3.63, 3.8) is 0 Å². The molecule has 0 unspecified atom stereocenters. The SMILES string of the molecule is CCOC(=O)[C@H](C)NOOc1ccccc1C. The van der Waals surface area contributed by atoms with Gasteiger partial charge in [-0.15, -0.1) is 5.48 Å². The van der Waals surface area contributed by atoms with Crippen LogP contribution in [0.1, 0.15) is 19.4 Å². The molecule has 1 atom stereocenters. The maximum Gasteiger partial charge on any atom is 0.325 e. The van der Waals surface area contributed by atoms with Crippen LogP contribution in [0.4, 0.5) is 0 Å². The van der Waals surface area contributed by atoms with Gasteiger partial charge in [0, 0.05) is 0 Å². The van der Waals surface area contributed by atoms with Crippen molar-refractivity contribution in [2.24, 2.45) is 0 Å². The quantitative estimate of drug-likeness (QED) is 0.465. The fourth-order valence-electron chi connectivity index (χ4n) is 1.11. The van der Waals surface area contributed by atoms with Crippen molar-refractivity contribution < 1.29 is 19.4 Å². The Hall–Kier alpha value is -1.59. The van der Waals surface area contributed by atoms with Gasteiger partial charge in [0.2, 0.25) is 0 Å². The van der Waals surface area contributed by atoms with E-state index in [1.54, 1.807) is 19.9 Å². The minimum atomic E-state index is -0.584. The largest absolute Gasteiger partial charge is 0.465 e. The van der Waals surface area contributed by atoms with Crippen molar-refractivity contribution in [3.8, 4) is 5.75 Å². The first-order valence-electron chi connectivity index (χ1n) is 5.46. The zero-order chi connectivity index (χ0) is 12.7. The number of nitrogens with one attached hydrogen (secondary N) is 1. The Balaban J connectivity index is 2.33. The van der Waals surface area contributed by atoms with Crippen molar-refractivity contribution in [3.05, 3.63) is 29.8 Å². The summed E-state index contributed by atoms with van der Waals surface area (Å²) in [5.41, 5.74) is 3.39. The van der Waals surface area contributed by atoms with Crippen LogP contribution in [0.15, 0.2) is 24.3 Å². The molecule has 0 aromatic heterocycles. The van der Waals surface area contributed by atoms with E-state index in [2.05, 4.69) is 5.48 Å². The minimum absolute atomic E-state index is 0.337. The van der Waals surface area contributed by atoms with Gasteiger partial charge in [0.25, 0.3) is 0 Å². The molecule has 0 amide bonds. The molecular formula is C12H17NO4. The number of esters is 1. The van der Waals surface area contributed by atoms with Crippen LogP contribution in [-0.4, -0.2) is 18.6 Å². The van der Waals surface area contributed by atoms with Crippen molar-refractivity contribution in [2.75, 3.05) is 6.61 Å². The molecule has 0 bridgehead atoms.